The number of nitrogens with zero attached hydrogens (tertiary/aromatic N) is 2. The SMILES string of the molecule is O=C1C2C(c3ccc(C=Cc4ccccc4)cc3)NC(Cc3c[nH]c4ccccc34)(C(=O)O)C2C(=O)N1Cc1ccccn1. The molecule has 8 nitrogen and oxygen atoms in total. The van der Waals surface area contributed by atoms with Crippen LogP contribution < -0.4 is 5.32 Å². The molecule has 0 aliphatic carbocycles. The van der Waals surface area contributed by atoms with Gasteiger partial charge < -0.3 is 10.1 Å². The number of para-hydroxylation sites is 1. The Hall–Kier alpha value is -5.34. The molecule has 0 saturated carbocycles. The number of H-pyrrole nitrogens is 1. The van der Waals surface area contributed by atoms with Gasteiger partial charge in [-0.1, -0.05) is 91.0 Å². The summed E-state index contributed by atoms with van der Waals surface area (Å²) in [6.45, 7) is -0.00969. The number of aromatic amines is 1. The van der Waals surface area contributed by atoms with Gasteiger partial charge >= 0.3 is 5.97 Å². The Morgan fingerprint density at radius 2 is 1.57 bits per heavy atom. The molecule has 7 rings (SSSR count). The average Bonchev–Trinajstić information content (AvgIpc) is 3.70. The van der Waals surface area contributed by atoms with Crippen molar-refractivity contribution in [3.05, 3.63) is 137 Å². The van der Waals surface area contributed by atoms with Crippen molar-refractivity contribution in [2.75, 3.05) is 0 Å². The zero-order valence-corrected chi connectivity index (χ0v) is 23.8. The molecule has 3 N–H and O–H groups in total. The van der Waals surface area contributed by atoms with Crippen molar-refractivity contribution >= 4 is 40.8 Å². The Kier molecular flexibility index (Phi) is 6.91. The van der Waals surface area contributed by atoms with Crippen LogP contribution in [0.15, 0.2) is 109 Å². The quantitative estimate of drug-likeness (QED) is 0.170. The lowest BCUT2D eigenvalue weighted by atomic mass is 9.76. The van der Waals surface area contributed by atoms with Crippen LogP contribution in [0, 0.1) is 11.8 Å². The molecule has 44 heavy (non-hydrogen) atoms. The third-order valence-electron chi connectivity index (χ3n) is 8.88. The van der Waals surface area contributed by atoms with Gasteiger partial charge in [-0.25, -0.2) is 0 Å². The highest BCUT2D eigenvalue weighted by Crippen LogP contribution is 2.50. The van der Waals surface area contributed by atoms with E-state index < -0.39 is 41.2 Å². The lowest BCUT2D eigenvalue weighted by molar-refractivity contribution is -0.151. The number of carboxylic acid groups (broad SMARTS) is 1. The van der Waals surface area contributed by atoms with Crippen LogP contribution in [-0.4, -0.2) is 43.3 Å². The van der Waals surface area contributed by atoms with Crippen LogP contribution in [-0.2, 0) is 27.3 Å². The first-order valence-electron chi connectivity index (χ1n) is 14.6. The number of benzene rings is 3. The smallest absolute Gasteiger partial charge is 0.325 e. The minimum Gasteiger partial charge on any atom is -0.480 e. The number of carbonyl (C=O) groups is 3. The highest BCUT2D eigenvalue weighted by molar-refractivity contribution is 6.09. The van der Waals surface area contributed by atoms with Gasteiger partial charge in [-0.05, 0) is 40.5 Å². The van der Waals surface area contributed by atoms with Gasteiger partial charge in [0.25, 0.3) is 0 Å². The molecule has 0 radical (unpaired) electrons. The van der Waals surface area contributed by atoms with Gasteiger partial charge in [0.05, 0.1) is 24.1 Å². The molecule has 2 fully saturated rings. The molecule has 2 aliphatic rings. The lowest BCUT2D eigenvalue weighted by Crippen LogP contribution is -2.57. The molecule has 2 amide bonds. The second-order valence-corrected chi connectivity index (χ2v) is 11.4. The van der Waals surface area contributed by atoms with Crippen LogP contribution in [0.3, 0.4) is 0 Å². The van der Waals surface area contributed by atoms with Crippen LogP contribution in [0.25, 0.3) is 23.1 Å². The number of hydrogen-bond donors (Lipinski definition) is 3. The van der Waals surface area contributed by atoms with Crippen molar-refractivity contribution < 1.29 is 19.5 Å². The van der Waals surface area contributed by atoms with Gasteiger partial charge in [-0.2, -0.15) is 0 Å². The minimum absolute atomic E-state index is 0.00969. The summed E-state index contributed by atoms with van der Waals surface area (Å²) < 4.78 is 0. The summed E-state index contributed by atoms with van der Waals surface area (Å²) in [6, 6.07) is 29.9. The third kappa shape index (κ3) is 4.69. The van der Waals surface area contributed by atoms with Crippen LogP contribution in [0.4, 0.5) is 0 Å². The average molecular weight is 583 g/mol. The monoisotopic (exact) mass is 582 g/mol. The highest BCUT2D eigenvalue weighted by Gasteiger charge is 2.68. The topological polar surface area (TPSA) is 115 Å². The van der Waals surface area contributed by atoms with E-state index in [0.29, 0.717) is 5.69 Å². The van der Waals surface area contributed by atoms with Crippen LogP contribution in [0.2, 0.25) is 0 Å². The molecule has 2 saturated heterocycles. The normalized spacial score (nSPS) is 23.1. The molecule has 4 unspecified atom stereocenters. The van der Waals surface area contributed by atoms with Gasteiger partial charge in [-0.3, -0.25) is 29.6 Å². The third-order valence-corrected chi connectivity index (χ3v) is 8.88. The number of likely N-dealkylation sites (tertiary alicyclic amines) is 1. The van der Waals surface area contributed by atoms with E-state index in [1.54, 1.807) is 30.6 Å². The maximum absolute atomic E-state index is 14.1. The second-order valence-electron chi connectivity index (χ2n) is 11.4. The molecule has 218 valence electrons. The molecule has 4 atom stereocenters. The molecule has 2 aliphatic heterocycles. The first-order valence-corrected chi connectivity index (χ1v) is 14.6. The fourth-order valence-corrected chi connectivity index (χ4v) is 6.74. The maximum Gasteiger partial charge on any atom is 0.325 e. The van der Waals surface area contributed by atoms with E-state index in [-0.39, 0.29) is 13.0 Å². The number of fused-ring (bicyclic) bond motifs is 2. The van der Waals surface area contributed by atoms with E-state index in [2.05, 4.69) is 15.3 Å². The van der Waals surface area contributed by atoms with Crippen LogP contribution >= 0.6 is 0 Å². The number of rotatable bonds is 8. The van der Waals surface area contributed by atoms with Crippen molar-refractivity contribution in [1.29, 1.82) is 0 Å². The predicted octanol–water partition coefficient (Wildman–Crippen LogP) is 5.25. The summed E-state index contributed by atoms with van der Waals surface area (Å²) in [5, 5.41) is 15.1. The standard InChI is InChI=1S/C36H30N4O4/c41-33-30-31(34(42)40(33)22-27-10-6-7-19-37-27)36(35(43)44,20-26-21-38-29-12-5-4-11-28(26)29)39-32(30)25-17-15-24(16-18-25)14-13-23-8-2-1-3-9-23/h1-19,21,30-32,38-39H,20,22H2,(H,43,44). The Morgan fingerprint density at radius 3 is 2.30 bits per heavy atom. The number of aliphatic carboxylic acids is 1. The van der Waals surface area contributed by atoms with Gasteiger partial charge in [0.2, 0.25) is 11.8 Å². The molecule has 3 aromatic carbocycles. The van der Waals surface area contributed by atoms with E-state index in [0.717, 1.165) is 33.2 Å². The molecule has 0 bridgehead atoms. The van der Waals surface area contributed by atoms with Crippen molar-refractivity contribution in [3.63, 3.8) is 0 Å². The predicted molar refractivity (Wildman–Crippen MR) is 167 cm³/mol. The first-order chi connectivity index (χ1) is 21.4. The van der Waals surface area contributed by atoms with E-state index in [1.807, 2.05) is 91.0 Å². The van der Waals surface area contributed by atoms with Crippen LogP contribution in [0.1, 0.15) is 34.0 Å². The fraction of sp³-hybridized carbons (Fsp3) is 0.167. The number of carbonyl (C=O) groups excluding carboxylic acids is 2. The number of carboxylic acids is 1. The molecule has 2 aromatic heterocycles. The van der Waals surface area contributed by atoms with Crippen molar-refractivity contribution in [2.45, 2.75) is 24.5 Å². The number of nitrogens with one attached hydrogen (secondary N) is 2. The van der Waals surface area contributed by atoms with Crippen LogP contribution in [0.5, 0.6) is 0 Å². The van der Waals surface area contributed by atoms with E-state index in [9.17, 15) is 19.5 Å². The zero-order valence-electron chi connectivity index (χ0n) is 23.8. The number of pyridine rings is 1. The molecule has 0 spiro atoms. The molecule has 5 aromatic rings. The molecule has 4 heterocycles. The molecular formula is C36H30N4O4. The van der Waals surface area contributed by atoms with Crippen molar-refractivity contribution in [2.24, 2.45) is 11.8 Å². The number of amides is 2. The minimum atomic E-state index is -1.71. The zero-order chi connectivity index (χ0) is 30.3. The lowest BCUT2D eigenvalue weighted by Gasteiger charge is -2.31. The van der Waals surface area contributed by atoms with Crippen molar-refractivity contribution in [3.8, 4) is 0 Å². The summed E-state index contributed by atoms with van der Waals surface area (Å²) in [5.41, 5.74) is 3.27. The Bertz CT molecular complexity index is 1880. The highest BCUT2D eigenvalue weighted by atomic mass is 16.4. The molecule has 8 heteroatoms. The number of aromatic nitrogens is 2. The largest absolute Gasteiger partial charge is 0.480 e. The summed E-state index contributed by atoms with van der Waals surface area (Å²) in [7, 11) is 0. The van der Waals surface area contributed by atoms with Gasteiger partial charge in [0.1, 0.15) is 5.54 Å². The Morgan fingerprint density at radius 1 is 0.864 bits per heavy atom. The van der Waals surface area contributed by atoms with Gasteiger partial charge in [-0.15, -0.1) is 0 Å². The summed E-state index contributed by atoms with van der Waals surface area (Å²) in [5.74, 6) is -4.04. The van der Waals surface area contributed by atoms with E-state index in [4.69, 9.17) is 0 Å². The summed E-state index contributed by atoms with van der Waals surface area (Å²) >= 11 is 0. The van der Waals surface area contributed by atoms with E-state index >= 15 is 0 Å². The maximum atomic E-state index is 14.1. The fourth-order valence-electron chi connectivity index (χ4n) is 6.74. The second kappa shape index (κ2) is 11.1. The van der Waals surface area contributed by atoms with Gasteiger partial charge in [0.15, 0.2) is 0 Å². The Labute approximate surface area is 254 Å². The first kappa shape index (κ1) is 27.5. The van der Waals surface area contributed by atoms with E-state index in [1.165, 1.54) is 4.90 Å². The number of hydrogen-bond acceptors (Lipinski definition) is 5. The van der Waals surface area contributed by atoms with Crippen molar-refractivity contribution in [1.82, 2.24) is 20.2 Å². The van der Waals surface area contributed by atoms with Gasteiger partial charge in [0, 0.05) is 35.8 Å². The summed E-state index contributed by atoms with van der Waals surface area (Å²) in [6.07, 6.45) is 7.45. The number of imide groups is 1. The molecular weight excluding hydrogens is 552 g/mol. The summed E-state index contributed by atoms with van der Waals surface area (Å²) in [4.78, 5) is 50.2. The Balaban J connectivity index is 1.27.